The van der Waals surface area contributed by atoms with Crippen molar-refractivity contribution in [3.05, 3.63) is 30.0 Å². The molecule has 0 atom stereocenters. The maximum Gasteiger partial charge on any atom is 0.208 e. The van der Waals surface area contributed by atoms with Crippen LogP contribution in [0.4, 0.5) is 0 Å². The first-order valence-corrected chi connectivity index (χ1v) is 14.6. The summed E-state index contributed by atoms with van der Waals surface area (Å²) in [6.45, 7) is 12.1. The van der Waals surface area contributed by atoms with Gasteiger partial charge in [0.15, 0.2) is 5.78 Å². The molecule has 2 aromatic rings. The average Bonchev–Trinajstić information content (AvgIpc) is 3.03. The van der Waals surface area contributed by atoms with Gasteiger partial charge in [0, 0.05) is 54.9 Å². The molecular formula is C27H40N2O5S. The molecule has 1 aliphatic carbocycles. The Kier molecular flexibility index (Phi) is 7.38. The Hall–Kier alpha value is -1.90. The molecule has 1 aromatic carbocycles. The molecule has 0 radical (unpaired) electrons. The van der Waals surface area contributed by atoms with Crippen molar-refractivity contribution in [2.75, 3.05) is 32.6 Å². The molecule has 1 aromatic heterocycles. The Morgan fingerprint density at radius 2 is 1.83 bits per heavy atom. The summed E-state index contributed by atoms with van der Waals surface area (Å²) in [4.78, 5) is 13.8. The molecule has 8 heteroatoms. The number of nitrogens with zero attached hydrogens (tertiary/aromatic N) is 1. The topological polar surface area (TPSA) is 86.6 Å². The summed E-state index contributed by atoms with van der Waals surface area (Å²) in [5.41, 5.74) is 1.82. The molecule has 1 saturated carbocycles. The van der Waals surface area contributed by atoms with Crippen LogP contribution in [0.1, 0.15) is 63.7 Å². The molecule has 7 nitrogen and oxygen atoms in total. The van der Waals surface area contributed by atoms with Gasteiger partial charge in [-0.05, 0) is 60.6 Å². The minimum atomic E-state index is -3.16. The van der Waals surface area contributed by atoms with Gasteiger partial charge in [0.1, 0.15) is 5.75 Å². The van der Waals surface area contributed by atoms with Gasteiger partial charge < -0.3 is 14.0 Å². The highest BCUT2D eigenvalue weighted by Gasteiger charge is 2.68. The molecule has 4 rings (SSSR count). The highest BCUT2D eigenvalue weighted by Crippen LogP contribution is 2.69. The number of ketones is 1. The molecule has 0 spiro atoms. The zero-order chi connectivity index (χ0) is 25.4. The number of carbonyl (C=O) groups is 1. The Morgan fingerprint density at radius 3 is 2.46 bits per heavy atom. The molecular weight excluding hydrogens is 464 g/mol. The number of unbranched alkanes of at least 4 members (excludes halogenated alkanes) is 1. The number of benzene rings is 1. The Balaban J connectivity index is 1.53. The maximum atomic E-state index is 13.8. The lowest BCUT2D eigenvalue weighted by molar-refractivity contribution is 0.0616. The van der Waals surface area contributed by atoms with Gasteiger partial charge in [-0.2, -0.15) is 0 Å². The molecule has 2 heterocycles. The van der Waals surface area contributed by atoms with Gasteiger partial charge in [-0.1, -0.05) is 27.7 Å². The number of aromatic nitrogens is 1. The summed E-state index contributed by atoms with van der Waals surface area (Å²) >= 11 is 0. The third-order valence-electron chi connectivity index (χ3n) is 8.40. The zero-order valence-corrected chi connectivity index (χ0v) is 22.5. The number of nitrogens with one attached hydrogen (secondary N) is 1. The van der Waals surface area contributed by atoms with Crippen molar-refractivity contribution in [2.45, 2.75) is 59.9 Å². The lowest BCUT2D eigenvalue weighted by atomic mass is 10.0. The lowest BCUT2D eigenvalue weighted by Gasteiger charge is -2.22. The van der Waals surface area contributed by atoms with Crippen molar-refractivity contribution in [3.8, 4) is 5.75 Å². The quantitative estimate of drug-likeness (QED) is 0.356. The Bertz CT molecular complexity index is 1160. The first-order chi connectivity index (χ1) is 16.4. The van der Waals surface area contributed by atoms with Gasteiger partial charge in [-0.15, -0.1) is 0 Å². The van der Waals surface area contributed by atoms with Crippen molar-refractivity contribution in [1.82, 2.24) is 9.29 Å². The molecule has 2 fully saturated rings. The number of fused-ring (bicyclic) bond motifs is 1. The van der Waals surface area contributed by atoms with Crippen LogP contribution in [0.25, 0.3) is 10.9 Å². The maximum absolute atomic E-state index is 13.8. The second-order valence-corrected chi connectivity index (χ2v) is 13.2. The van der Waals surface area contributed by atoms with Crippen molar-refractivity contribution in [2.24, 2.45) is 22.7 Å². The van der Waals surface area contributed by atoms with E-state index in [2.05, 4.69) is 49.2 Å². The van der Waals surface area contributed by atoms with E-state index < -0.39 is 10.0 Å². The number of sulfonamides is 1. The van der Waals surface area contributed by atoms with Gasteiger partial charge in [-0.3, -0.25) is 4.79 Å². The highest BCUT2D eigenvalue weighted by atomic mass is 32.2. The first-order valence-electron chi connectivity index (χ1n) is 12.7. The number of rotatable bonds is 11. The summed E-state index contributed by atoms with van der Waals surface area (Å²) < 4.78 is 38.6. The fourth-order valence-electron chi connectivity index (χ4n) is 5.60. The van der Waals surface area contributed by atoms with Crippen LogP contribution < -0.4 is 9.46 Å². The van der Waals surface area contributed by atoms with E-state index in [-0.39, 0.29) is 22.5 Å². The van der Waals surface area contributed by atoms with Crippen molar-refractivity contribution in [1.29, 1.82) is 0 Å². The largest absolute Gasteiger partial charge is 0.494 e. The zero-order valence-electron chi connectivity index (χ0n) is 21.7. The second-order valence-electron chi connectivity index (χ2n) is 11.4. The van der Waals surface area contributed by atoms with E-state index in [1.165, 1.54) is 0 Å². The third kappa shape index (κ3) is 5.59. The summed E-state index contributed by atoms with van der Waals surface area (Å²) in [6.07, 6.45) is 6.75. The molecule has 194 valence electrons. The number of carbonyl (C=O) groups excluding carboxylic acids is 1. The minimum Gasteiger partial charge on any atom is -0.494 e. The third-order valence-corrected chi connectivity index (χ3v) is 9.13. The van der Waals surface area contributed by atoms with E-state index in [9.17, 15) is 13.2 Å². The SMILES string of the molecule is CC1(C)C(C(=O)c2cn(CC3CCOCC3)c3ccc(OCCCCNS(C)(=O)=O)cc23)C1(C)C. The van der Waals surface area contributed by atoms with E-state index in [0.29, 0.717) is 25.5 Å². The second kappa shape index (κ2) is 9.87. The van der Waals surface area contributed by atoms with E-state index in [1.807, 2.05) is 12.1 Å². The van der Waals surface area contributed by atoms with Crippen molar-refractivity contribution < 1.29 is 22.7 Å². The summed E-state index contributed by atoms with van der Waals surface area (Å²) in [5.74, 6) is 1.51. The van der Waals surface area contributed by atoms with E-state index in [4.69, 9.17) is 9.47 Å². The monoisotopic (exact) mass is 504 g/mol. The van der Waals surface area contributed by atoms with Crippen LogP contribution in [0.2, 0.25) is 0 Å². The Labute approximate surface area is 209 Å². The van der Waals surface area contributed by atoms with Gasteiger partial charge in [0.2, 0.25) is 10.0 Å². The molecule has 2 aliphatic rings. The van der Waals surface area contributed by atoms with E-state index in [1.54, 1.807) is 0 Å². The molecule has 1 saturated heterocycles. The smallest absolute Gasteiger partial charge is 0.208 e. The van der Waals surface area contributed by atoms with Crippen LogP contribution >= 0.6 is 0 Å². The van der Waals surface area contributed by atoms with Crippen LogP contribution in [-0.4, -0.2) is 51.4 Å². The van der Waals surface area contributed by atoms with Gasteiger partial charge in [-0.25, -0.2) is 13.1 Å². The van der Waals surface area contributed by atoms with Crippen LogP contribution in [0.5, 0.6) is 5.75 Å². The Morgan fingerprint density at radius 1 is 1.14 bits per heavy atom. The highest BCUT2D eigenvalue weighted by molar-refractivity contribution is 7.88. The number of hydrogen-bond acceptors (Lipinski definition) is 5. The fraction of sp³-hybridized carbons (Fsp3) is 0.667. The number of ether oxygens (including phenoxy) is 2. The van der Waals surface area contributed by atoms with E-state index >= 15 is 0 Å². The summed E-state index contributed by atoms with van der Waals surface area (Å²) in [6, 6.07) is 6.03. The van der Waals surface area contributed by atoms with Crippen LogP contribution in [0, 0.1) is 22.7 Å². The first kappa shape index (κ1) is 26.2. The van der Waals surface area contributed by atoms with Crippen molar-refractivity contribution >= 4 is 26.7 Å². The predicted molar refractivity (Wildman–Crippen MR) is 138 cm³/mol. The van der Waals surface area contributed by atoms with Crippen LogP contribution in [-0.2, 0) is 21.3 Å². The van der Waals surface area contributed by atoms with Gasteiger partial charge in [0.05, 0.1) is 12.9 Å². The molecule has 1 aliphatic heterocycles. The fourth-order valence-corrected chi connectivity index (χ4v) is 6.12. The number of Topliss-reactive ketones (excluding diaryl/α,β-unsaturated/α-hetero) is 1. The molecule has 0 unspecified atom stereocenters. The predicted octanol–water partition coefficient (Wildman–Crippen LogP) is 4.64. The van der Waals surface area contributed by atoms with Crippen LogP contribution in [0.3, 0.4) is 0 Å². The average molecular weight is 505 g/mol. The number of hydrogen-bond donors (Lipinski definition) is 1. The molecule has 0 bridgehead atoms. The van der Waals surface area contributed by atoms with Crippen LogP contribution in [0.15, 0.2) is 24.4 Å². The lowest BCUT2D eigenvalue weighted by Crippen LogP contribution is -2.23. The van der Waals surface area contributed by atoms with Gasteiger partial charge in [0.25, 0.3) is 0 Å². The summed E-state index contributed by atoms with van der Waals surface area (Å²) in [7, 11) is -3.16. The molecule has 0 amide bonds. The normalized spacial score (nSPS) is 20.3. The van der Waals surface area contributed by atoms with Crippen molar-refractivity contribution in [3.63, 3.8) is 0 Å². The summed E-state index contributed by atoms with van der Waals surface area (Å²) in [5, 5.41) is 0.955. The minimum absolute atomic E-state index is 0.00375. The van der Waals surface area contributed by atoms with Gasteiger partial charge >= 0.3 is 0 Å². The molecule has 35 heavy (non-hydrogen) atoms. The van der Waals surface area contributed by atoms with E-state index in [0.717, 1.165) is 67.5 Å². The standard InChI is InChI=1S/C27H40N2O5S/c1-26(2)25(27(26,3)4)24(30)22-18-29(17-19-10-14-33-15-11-19)23-9-8-20(16-21(22)23)34-13-7-6-12-28-35(5,31)32/h8-9,16,18-19,25,28H,6-7,10-15,17H2,1-5H3. The molecule has 1 N–H and O–H groups in total.